The Morgan fingerprint density at radius 3 is 2.05 bits per heavy atom. The van der Waals surface area contributed by atoms with Crippen LogP contribution in [0, 0.1) is 11.8 Å². The van der Waals surface area contributed by atoms with E-state index in [9.17, 15) is 19.5 Å². The van der Waals surface area contributed by atoms with Crippen LogP contribution >= 0.6 is 0 Å². The van der Waals surface area contributed by atoms with Crippen molar-refractivity contribution in [2.75, 3.05) is 26.2 Å². The maximum Gasteiger partial charge on any atom is 0.407 e. The molecule has 1 unspecified atom stereocenters. The second-order valence-corrected chi connectivity index (χ2v) is 11.7. The van der Waals surface area contributed by atoms with Crippen molar-refractivity contribution in [2.24, 2.45) is 11.8 Å². The zero-order chi connectivity index (χ0) is 29.7. The Kier molecular flexibility index (Phi) is 8.92. The molecule has 1 aliphatic carbocycles. The van der Waals surface area contributed by atoms with E-state index in [1.807, 2.05) is 56.3 Å². The minimum absolute atomic E-state index is 0.0516. The van der Waals surface area contributed by atoms with Crippen molar-refractivity contribution < 1.29 is 24.2 Å². The summed E-state index contributed by atoms with van der Waals surface area (Å²) in [5.41, 5.74) is 4.39. The van der Waals surface area contributed by atoms with Crippen LogP contribution in [0.4, 0.5) is 4.79 Å². The monoisotopic (exact) mass is 569 g/mol. The van der Waals surface area contributed by atoms with Gasteiger partial charge in [0.05, 0.1) is 5.92 Å². The largest absolute Gasteiger partial charge is 0.480 e. The molecule has 0 spiro atoms. The average molecular weight is 570 g/mol. The number of carbonyl (C=O) groups excluding carboxylic acids is 2. The van der Waals surface area contributed by atoms with Crippen LogP contribution in [0.2, 0.25) is 0 Å². The van der Waals surface area contributed by atoms with E-state index in [1.54, 1.807) is 0 Å². The van der Waals surface area contributed by atoms with Gasteiger partial charge in [0.25, 0.3) is 0 Å². The van der Waals surface area contributed by atoms with Crippen LogP contribution in [0.25, 0.3) is 11.1 Å². The van der Waals surface area contributed by atoms with Gasteiger partial charge in [-0.2, -0.15) is 0 Å². The van der Waals surface area contributed by atoms with Crippen molar-refractivity contribution in [3.8, 4) is 11.1 Å². The lowest BCUT2D eigenvalue weighted by atomic mass is 9.85. The zero-order valence-corrected chi connectivity index (χ0v) is 24.2. The molecule has 0 saturated carbocycles. The van der Waals surface area contributed by atoms with Gasteiger partial charge in [0, 0.05) is 32.1 Å². The molecular formula is C34H39N3O5. The van der Waals surface area contributed by atoms with E-state index in [2.05, 4.69) is 51.9 Å². The number of amides is 2. The summed E-state index contributed by atoms with van der Waals surface area (Å²) in [7, 11) is 0. The fourth-order valence-electron chi connectivity index (χ4n) is 6.13. The molecule has 8 heteroatoms. The summed E-state index contributed by atoms with van der Waals surface area (Å²) in [6.45, 7) is 5.87. The molecule has 1 fully saturated rings. The SMILES string of the molecule is CC(C)C(CNC(=O)OCC1c2ccccc2-c2ccccc21)C(=O)NC1(C(=O)O)CCN(Cc2ccccc2)CC1. The summed E-state index contributed by atoms with van der Waals surface area (Å²) in [5.74, 6) is -2.19. The second-order valence-electron chi connectivity index (χ2n) is 11.7. The van der Waals surface area contributed by atoms with Crippen molar-refractivity contribution in [1.82, 2.24) is 15.5 Å². The number of alkyl carbamates (subject to hydrolysis) is 1. The third kappa shape index (κ3) is 6.34. The number of benzene rings is 3. The molecule has 1 heterocycles. The number of hydrogen-bond acceptors (Lipinski definition) is 5. The van der Waals surface area contributed by atoms with Gasteiger partial charge in [-0.1, -0.05) is 92.7 Å². The first-order valence-electron chi connectivity index (χ1n) is 14.7. The molecule has 1 atom stereocenters. The first-order chi connectivity index (χ1) is 20.3. The van der Waals surface area contributed by atoms with Crippen molar-refractivity contribution >= 4 is 18.0 Å². The lowest BCUT2D eigenvalue weighted by Gasteiger charge is -2.40. The molecule has 0 radical (unpaired) electrons. The van der Waals surface area contributed by atoms with Gasteiger partial charge in [-0.15, -0.1) is 0 Å². The Hall–Kier alpha value is -4.17. The number of piperidine rings is 1. The fraction of sp³-hybridized carbons (Fsp3) is 0.382. The number of aliphatic carboxylic acids is 1. The van der Waals surface area contributed by atoms with Gasteiger partial charge in [-0.3, -0.25) is 9.69 Å². The first kappa shape index (κ1) is 29.3. The molecule has 2 amide bonds. The van der Waals surface area contributed by atoms with Crippen LogP contribution in [-0.2, 0) is 20.9 Å². The van der Waals surface area contributed by atoms with Gasteiger partial charge in [-0.25, -0.2) is 9.59 Å². The highest BCUT2D eigenvalue weighted by Crippen LogP contribution is 2.44. The van der Waals surface area contributed by atoms with Crippen LogP contribution in [0.15, 0.2) is 78.9 Å². The van der Waals surface area contributed by atoms with Crippen LogP contribution in [-0.4, -0.2) is 59.8 Å². The molecule has 0 aromatic heterocycles. The molecule has 0 bridgehead atoms. The lowest BCUT2D eigenvalue weighted by Crippen LogP contribution is -2.61. The molecule has 42 heavy (non-hydrogen) atoms. The molecule has 1 saturated heterocycles. The molecule has 3 N–H and O–H groups in total. The van der Waals surface area contributed by atoms with Gasteiger partial charge in [-0.05, 0) is 46.6 Å². The Bertz CT molecular complexity index is 1370. The standard InChI is InChI=1S/C34H39N3O5/c1-23(2)29(31(38)36-34(32(39)40)16-18-37(19-17-34)21-24-10-4-3-5-11-24)20-35-33(41)42-22-30-27-14-8-6-12-25(27)26-13-7-9-15-28(26)30/h3-15,23,29-30H,16-22H2,1-2H3,(H,35,41)(H,36,38)(H,39,40). The topological polar surface area (TPSA) is 108 Å². The van der Waals surface area contributed by atoms with E-state index in [4.69, 9.17) is 4.74 Å². The van der Waals surface area contributed by atoms with Crippen LogP contribution in [0.1, 0.15) is 49.3 Å². The molecule has 3 aromatic carbocycles. The minimum Gasteiger partial charge on any atom is -0.480 e. The number of ether oxygens (including phenoxy) is 1. The van der Waals surface area contributed by atoms with E-state index in [0.29, 0.717) is 25.9 Å². The van der Waals surface area contributed by atoms with Gasteiger partial charge in [0.2, 0.25) is 5.91 Å². The van der Waals surface area contributed by atoms with Crippen molar-refractivity contribution in [3.63, 3.8) is 0 Å². The number of hydrogen-bond donors (Lipinski definition) is 3. The highest BCUT2D eigenvalue weighted by molar-refractivity contribution is 5.88. The molecular weight excluding hydrogens is 530 g/mol. The average Bonchev–Trinajstić information content (AvgIpc) is 3.31. The number of carboxylic acids is 1. The summed E-state index contributed by atoms with van der Waals surface area (Å²) in [6.07, 6.45) is 0.0225. The summed E-state index contributed by atoms with van der Waals surface area (Å²) in [4.78, 5) is 40.8. The van der Waals surface area contributed by atoms with Crippen molar-refractivity contribution in [3.05, 3.63) is 95.6 Å². The molecule has 8 nitrogen and oxygen atoms in total. The number of carbonyl (C=O) groups is 3. The number of carboxylic acid groups (broad SMARTS) is 1. The molecule has 220 valence electrons. The third-order valence-corrected chi connectivity index (χ3v) is 8.68. The fourth-order valence-corrected chi connectivity index (χ4v) is 6.13. The Morgan fingerprint density at radius 2 is 1.48 bits per heavy atom. The van der Waals surface area contributed by atoms with Crippen molar-refractivity contribution in [2.45, 2.75) is 44.7 Å². The summed E-state index contributed by atoms with van der Waals surface area (Å²) >= 11 is 0. The predicted octanol–water partition coefficient (Wildman–Crippen LogP) is 5.03. The number of nitrogens with zero attached hydrogens (tertiary/aromatic N) is 1. The second kappa shape index (κ2) is 12.8. The maximum atomic E-state index is 13.4. The minimum atomic E-state index is -1.33. The molecule has 5 rings (SSSR count). The van der Waals surface area contributed by atoms with Crippen LogP contribution in [0.3, 0.4) is 0 Å². The van der Waals surface area contributed by atoms with Crippen LogP contribution < -0.4 is 10.6 Å². The highest BCUT2D eigenvalue weighted by Gasteiger charge is 2.44. The van der Waals surface area contributed by atoms with E-state index < -0.39 is 23.5 Å². The Labute approximate surface area is 247 Å². The first-order valence-corrected chi connectivity index (χ1v) is 14.7. The number of rotatable bonds is 10. The quantitative estimate of drug-likeness (QED) is 0.316. The summed E-state index contributed by atoms with van der Waals surface area (Å²) in [5, 5.41) is 15.8. The molecule has 3 aromatic rings. The van der Waals surface area contributed by atoms with Gasteiger partial charge in [0.15, 0.2) is 0 Å². The van der Waals surface area contributed by atoms with Gasteiger partial charge in [0.1, 0.15) is 12.1 Å². The number of fused-ring (bicyclic) bond motifs is 3. The smallest absolute Gasteiger partial charge is 0.407 e. The van der Waals surface area contributed by atoms with E-state index in [-0.39, 0.29) is 30.9 Å². The summed E-state index contributed by atoms with van der Waals surface area (Å²) < 4.78 is 5.64. The maximum absolute atomic E-state index is 13.4. The number of likely N-dealkylation sites (tertiary alicyclic amines) is 1. The van der Waals surface area contributed by atoms with Gasteiger partial charge >= 0.3 is 12.1 Å². The Morgan fingerprint density at radius 1 is 0.905 bits per heavy atom. The predicted molar refractivity (Wildman–Crippen MR) is 161 cm³/mol. The zero-order valence-electron chi connectivity index (χ0n) is 24.2. The van der Waals surface area contributed by atoms with E-state index in [0.717, 1.165) is 28.8 Å². The lowest BCUT2D eigenvalue weighted by molar-refractivity contribution is -0.151. The Balaban J connectivity index is 1.15. The third-order valence-electron chi connectivity index (χ3n) is 8.68. The van der Waals surface area contributed by atoms with Gasteiger partial charge < -0.3 is 20.5 Å². The normalized spacial score (nSPS) is 16.7. The molecule has 1 aliphatic heterocycles. The number of nitrogens with one attached hydrogen (secondary N) is 2. The van der Waals surface area contributed by atoms with Crippen molar-refractivity contribution in [1.29, 1.82) is 0 Å². The highest BCUT2D eigenvalue weighted by atomic mass is 16.5. The van der Waals surface area contributed by atoms with E-state index in [1.165, 1.54) is 5.56 Å². The molecule has 2 aliphatic rings. The van der Waals surface area contributed by atoms with Crippen LogP contribution in [0.5, 0.6) is 0 Å². The van der Waals surface area contributed by atoms with E-state index >= 15 is 0 Å². The summed E-state index contributed by atoms with van der Waals surface area (Å²) in [6, 6.07) is 26.3.